The number of piperazine rings is 1. The molecule has 2 aliphatic rings. The van der Waals surface area contributed by atoms with Crippen LogP contribution >= 0.6 is 0 Å². The number of pyridine rings is 1. The Morgan fingerprint density at radius 2 is 1.64 bits per heavy atom. The number of fused-ring (bicyclic) bond motifs is 1. The molecule has 33 heavy (non-hydrogen) atoms. The minimum Gasteiger partial charge on any atom is -0.490 e. The normalized spacial score (nSPS) is 18.0. The molecule has 3 aromatic rings. The number of hydrogen-bond donors (Lipinski definition) is 1. The van der Waals surface area contributed by atoms with Gasteiger partial charge in [-0.15, -0.1) is 0 Å². The summed E-state index contributed by atoms with van der Waals surface area (Å²) in [6, 6.07) is 16.9. The second kappa shape index (κ2) is 9.27. The molecule has 1 N–H and O–H groups in total. The zero-order valence-electron chi connectivity index (χ0n) is 19.0. The van der Waals surface area contributed by atoms with E-state index in [0.717, 1.165) is 56.2 Å². The lowest BCUT2D eigenvalue weighted by Gasteiger charge is -2.33. The molecule has 0 spiro atoms. The molecule has 3 heterocycles. The molecule has 0 bridgehead atoms. The van der Waals surface area contributed by atoms with Gasteiger partial charge in [-0.2, -0.15) is 0 Å². The highest BCUT2D eigenvalue weighted by Crippen LogP contribution is 2.31. The molecule has 1 amide bonds. The molecule has 1 aromatic heterocycles. The highest BCUT2D eigenvalue weighted by atomic mass is 16.5. The first kappa shape index (κ1) is 21.5. The summed E-state index contributed by atoms with van der Waals surface area (Å²) in [5.41, 5.74) is 2.31. The van der Waals surface area contributed by atoms with E-state index in [1.807, 2.05) is 18.3 Å². The quantitative estimate of drug-likeness (QED) is 0.649. The van der Waals surface area contributed by atoms with Crippen molar-refractivity contribution in [3.8, 4) is 16.9 Å². The average molecular weight is 447 g/mol. The number of nitrogens with zero attached hydrogens (tertiary/aromatic N) is 4. The van der Waals surface area contributed by atoms with Crippen LogP contribution in [0.3, 0.4) is 0 Å². The van der Waals surface area contributed by atoms with E-state index in [1.165, 1.54) is 21.2 Å². The second-order valence-electron chi connectivity index (χ2n) is 8.97. The lowest BCUT2D eigenvalue weighted by atomic mass is 10.0. The van der Waals surface area contributed by atoms with Gasteiger partial charge in [-0.05, 0) is 47.8 Å². The second-order valence-corrected chi connectivity index (χ2v) is 8.97. The molecule has 2 saturated heterocycles. The molecule has 0 unspecified atom stereocenters. The Bertz CT molecular complexity index is 1120. The number of likely N-dealkylation sites (tertiary alicyclic amines) is 1. The fourth-order valence-electron chi connectivity index (χ4n) is 4.70. The Morgan fingerprint density at radius 3 is 2.33 bits per heavy atom. The molecule has 2 fully saturated rings. The zero-order chi connectivity index (χ0) is 22.8. The molecule has 7 nitrogen and oxygen atoms in total. The predicted molar refractivity (Wildman–Crippen MR) is 130 cm³/mol. The van der Waals surface area contributed by atoms with Gasteiger partial charge in [0.2, 0.25) is 0 Å². The van der Waals surface area contributed by atoms with Crippen molar-refractivity contribution < 1.29 is 14.6 Å². The number of rotatable bonds is 4. The van der Waals surface area contributed by atoms with Crippen molar-refractivity contribution >= 4 is 22.7 Å². The topological polar surface area (TPSA) is 69.1 Å². The summed E-state index contributed by atoms with van der Waals surface area (Å²) >= 11 is 0. The van der Waals surface area contributed by atoms with Gasteiger partial charge in [0.25, 0.3) is 0 Å². The highest BCUT2D eigenvalue weighted by molar-refractivity contribution is 5.95. The Hall–Kier alpha value is -3.32. The van der Waals surface area contributed by atoms with Gasteiger partial charge in [-0.25, -0.2) is 9.78 Å². The van der Waals surface area contributed by atoms with E-state index in [9.17, 15) is 4.79 Å². The molecule has 0 saturated carbocycles. The van der Waals surface area contributed by atoms with Crippen LogP contribution in [0.5, 0.6) is 5.75 Å². The molecule has 0 aliphatic carbocycles. The van der Waals surface area contributed by atoms with E-state index in [4.69, 9.17) is 14.8 Å². The third-order valence-corrected chi connectivity index (χ3v) is 6.75. The third kappa shape index (κ3) is 4.73. The number of benzene rings is 2. The summed E-state index contributed by atoms with van der Waals surface area (Å²) in [7, 11) is 2.17. The summed E-state index contributed by atoms with van der Waals surface area (Å²) in [5, 5.41) is 11.5. The van der Waals surface area contributed by atoms with Gasteiger partial charge in [0.05, 0.1) is 0 Å². The molecular formula is C26H30N4O3. The Kier molecular flexibility index (Phi) is 6.05. The number of aromatic nitrogens is 1. The SMILES string of the molecule is CN1CCN(c2nccc3cc(-c4ccc(OC5CCN(C(=O)O)CC5)cc4)ccc23)CC1. The van der Waals surface area contributed by atoms with Gasteiger partial charge in [0, 0.05) is 63.7 Å². The summed E-state index contributed by atoms with van der Waals surface area (Å²) in [4.78, 5) is 21.9. The standard InChI is InChI=1S/C26H30N4O3/c1-28-14-16-29(17-15-28)25-24-7-4-20(18-21(24)8-11-27-25)19-2-5-22(6-3-19)33-23-9-12-30(13-10-23)26(31)32/h2-8,11,18,23H,9-10,12-17H2,1H3,(H,31,32). The van der Waals surface area contributed by atoms with Crippen molar-refractivity contribution in [3.05, 3.63) is 54.7 Å². The van der Waals surface area contributed by atoms with Crippen molar-refractivity contribution in [3.63, 3.8) is 0 Å². The molecule has 5 rings (SSSR count). The van der Waals surface area contributed by atoms with Crippen LogP contribution in [-0.2, 0) is 0 Å². The van der Waals surface area contributed by atoms with Crippen LogP contribution in [0.15, 0.2) is 54.7 Å². The van der Waals surface area contributed by atoms with Gasteiger partial charge >= 0.3 is 6.09 Å². The molecule has 2 aromatic carbocycles. The summed E-state index contributed by atoms with van der Waals surface area (Å²) in [5.74, 6) is 1.90. The Labute approximate surface area is 194 Å². The molecule has 172 valence electrons. The van der Waals surface area contributed by atoms with Gasteiger partial charge < -0.3 is 24.5 Å². The Morgan fingerprint density at radius 1 is 0.939 bits per heavy atom. The maximum absolute atomic E-state index is 11.1. The fraction of sp³-hybridized carbons (Fsp3) is 0.385. The lowest BCUT2D eigenvalue weighted by Crippen LogP contribution is -2.44. The van der Waals surface area contributed by atoms with E-state index >= 15 is 0 Å². The summed E-state index contributed by atoms with van der Waals surface area (Å²) in [6.07, 6.45) is 2.57. The van der Waals surface area contributed by atoms with E-state index in [1.54, 1.807) is 0 Å². The van der Waals surface area contributed by atoms with Crippen molar-refractivity contribution in [1.29, 1.82) is 0 Å². The van der Waals surface area contributed by atoms with Crippen molar-refractivity contribution in [2.45, 2.75) is 18.9 Å². The summed E-state index contributed by atoms with van der Waals surface area (Å²) in [6.45, 7) is 5.18. The van der Waals surface area contributed by atoms with Crippen LogP contribution in [0.2, 0.25) is 0 Å². The number of carboxylic acid groups (broad SMARTS) is 1. The number of anilines is 1. The maximum Gasteiger partial charge on any atom is 0.407 e. The number of carbonyl (C=O) groups is 1. The van der Waals surface area contributed by atoms with E-state index in [0.29, 0.717) is 13.1 Å². The average Bonchev–Trinajstić information content (AvgIpc) is 2.85. The summed E-state index contributed by atoms with van der Waals surface area (Å²) < 4.78 is 6.10. The number of likely N-dealkylation sites (N-methyl/N-ethyl adjacent to an activating group) is 1. The number of ether oxygens (including phenoxy) is 1. The largest absolute Gasteiger partial charge is 0.490 e. The van der Waals surface area contributed by atoms with Crippen LogP contribution in [0.25, 0.3) is 21.9 Å². The molecular weight excluding hydrogens is 416 g/mol. The molecule has 0 radical (unpaired) electrons. The van der Waals surface area contributed by atoms with Crippen molar-refractivity contribution in [2.24, 2.45) is 0 Å². The van der Waals surface area contributed by atoms with Crippen LogP contribution in [0, 0.1) is 0 Å². The Balaban J connectivity index is 1.29. The first-order valence-corrected chi connectivity index (χ1v) is 11.6. The van der Waals surface area contributed by atoms with Gasteiger partial charge in [0.1, 0.15) is 17.7 Å². The van der Waals surface area contributed by atoms with E-state index in [2.05, 4.69) is 53.2 Å². The van der Waals surface area contributed by atoms with Crippen molar-refractivity contribution in [2.75, 3.05) is 51.2 Å². The number of piperidine rings is 1. The molecule has 7 heteroatoms. The van der Waals surface area contributed by atoms with Crippen molar-refractivity contribution in [1.82, 2.24) is 14.8 Å². The zero-order valence-corrected chi connectivity index (χ0v) is 19.0. The van der Waals surface area contributed by atoms with Crippen LogP contribution in [0.4, 0.5) is 10.6 Å². The monoisotopic (exact) mass is 446 g/mol. The van der Waals surface area contributed by atoms with Gasteiger partial charge in [0.15, 0.2) is 0 Å². The van der Waals surface area contributed by atoms with Crippen LogP contribution in [-0.4, -0.2) is 78.4 Å². The van der Waals surface area contributed by atoms with E-state index in [-0.39, 0.29) is 6.10 Å². The highest BCUT2D eigenvalue weighted by Gasteiger charge is 2.23. The number of hydrogen-bond acceptors (Lipinski definition) is 5. The lowest BCUT2D eigenvalue weighted by molar-refractivity contribution is 0.0895. The smallest absolute Gasteiger partial charge is 0.407 e. The minimum absolute atomic E-state index is 0.0626. The van der Waals surface area contributed by atoms with Crippen LogP contribution in [0.1, 0.15) is 12.8 Å². The van der Waals surface area contributed by atoms with E-state index < -0.39 is 6.09 Å². The first-order chi connectivity index (χ1) is 16.1. The number of amides is 1. The van der Waals surface area contributed by atoms with Gasteiger partial charge in [-0.3, -0.25) is 0 Å². The molecule has 0 atom stereocenters. The predicted octanol–water partition coefficient (Wildman–Crippen LogP) is 4.17. The maximum atomic E-state index is 11.1. The van der Waals surface area contributed by atoms with Crippen LogP contribution < -0.4 is 9.64 Å². The van der Waals surface area contributed by atoms with Gasteiger partial charge in [-0.1, -0.05) is 24.3 Å². The fourth-order valence-corrected chi connectivity index (χ4v) is 4.70. The third-order valence-electron chi connectivity index (χ3n) is 6.75. The minimum atomic E-state index is -0.848. The molecule has 2 aliphatic heterocycles. The first-order valence-electron chi connectivity index (χ1n) is 11.6.